The third kappa shape index (κ3) is 5.52. The van der Waals surface area contributed by atoms with Crippen LogP contribution >= 0.6 is 0 Å². The molecule has 5 heteroatoms. The Kier molecular flexibility index (Phi) is 6.02. The highest BCUT2D eigenvalue weighted by Crippen LogP contribution is 2.05. The van der Waals surface area contributed by atoms with Crippen molar-refractivity contribution in [3.8, 4) is 0 Å². The number of nitrogens with one attached hydrogen (secondary N) is 1. The summed E-state index contributed by atoms with van der Waals surface area (Å²) in [4.78, 5) is 22.3. The number of carbonyl (C=O) groups excluding carboxylic acids is 1. The van der Waals surface area contributed by atoms with E-state index in [-0.39, 0.29) is 17.5 Å². The molecule has 0 heterocycles. The van der Waals surface area contributed by atoms with Crippen molar-refractivity contribution in [3.05, 3.63) is 35.4 Å². The molecule has 4 N–H and O–H groups in total. The summed E-state index contributed by atoms with van der Waals surface area (Å²) in [6.07, 6.45) is 1.70. The zero-order chi connectivity index (χ0) is 14.3. The lowest BCUT2D eigenvalue weighted by molar-refractivity contribution is -0.121. The topological polar surface area (TPSA) is 92.4 Å². The zero-order valence-corrected chi connectivity index (χ0v) is 11.1. The molecule has 104 valence electrons. The maximum Gasteiger partial charge on any atom is 0.335 e. The lowest BCUT2D eigenvalue weighted by Gasteiger charge is -2.09. The van der Waals surface area contributed by atoms with E-state index in [0.717, 1.165) is 12.0 Å². The molecule has 0 saturated carbocycles. The van der Waals surface area contributed by atoms with Crippen LogP contribution in [0.3, 0.4) is 0 Å². The van der Waals surface area contributed by atoms with Crippen molar-refractivity contribution in [1.82, 2.24) is 5.32 Å². The number of aromatic carboxylic acids is 1. The number of carboxylic acids is 1. The van der Waals surface area contributed by atoms with Gasteiger partial charge in [0.1, 0.15) is 0 Å². The van der Waals surface area contributed by atoms with Gasteiger partial charge in [0.05, 0.1) is 5.56 Å². The average molecular weight is 264 g/mol. The van der Waals surface area contributed by atoms with E-state index in [4.69, 9.17) is 10.8 Å². The van der Waals surface area contributed by atoms with E-state index in [1.807, 2.05) is 13.0 Å². The summed E-state index contributed by atoms with van der Waals surface area (Å²) >= 11 is 0. The fourth-order valence-corrected chi connectivity index (χ4v) is 1.66. The summed E-state index contributed by atoms with van der Waals surface area (Å²) in [5.41, 5.74) is 6.83. The number of rotatable bonds is 7. The van der Waals surface area contributed by atoms with Crippen LogP contribution in [0.5, 0.6) is 0 Å². The van der Waals surface area contributed by atoms with E-state index in [0.29, 0.717) is 19.4 Å². The Hall–Kier alpha value is -1.88. The zero-order valence-electron chi connectivity index (χ0n) is 11.1. The normalized spacial score (nSPS) is 11.9. The van der Waals surface area contributed by atoms with Gasteiger partial charge in [-0.25, -0.2) is 4.79 Å². The van der Waals surface area contributed by atoms with Crippen molar-refractivity contribution in [3.63, 3.8) is 0 Å². The third-order valence-electron chi connectivity index (χ3n) is 2.88. The maximum atomic E-state index is 11.5. The molecule has 0 aromatic heterocycles. The van der Waals surface area contributed by atoms with E-state index in [1.165, 1.54) is 0 Å². The molecule has 1 amide bonds. The van der Waals surface area contributed by atoms with E-state index in [1.54, 1.807) is 18.2 Å². The first-order valence-electron chi connectivity index (χ1n) is 6.37. The summed E-state index contributed by atoms with van der Waals surface area (Å²) in [6, 6.07) is 6.61. The van der Waals surface area contributed by atoms with Gasteiger partial charge in [0.2, 0.25) is 5.91 Å². The average Bonchev–Trinajstić information content (AvgIpc) is 2.38. The largest absolute Gasteiger partial charge is 0.478 e. The minimum absolute atomic E-state index is 0.0660. The minimum Gasteiger partial charge on any atom is -0.478 e. The van der Waals surface area contributed by atoms with Gasteiger partial charge < -0.3 is 16.2 Å². The molecular formula is C14H20N2O3. The highest BCUT2D eigenvalue weighted by Gasteiger charge is 2.07. The number of hydrogen-bond donors (Lipinski definition) is 3. The van der Waals surface area contributed by atoms with Gasteiger partial charge in [0.15, 0.2) is 0 Å². The number of nitrogens with two attached hydrogens (primary N) is 1. The minimum atomic E-state index is -0.945. The van der Waals surface area contributed by atoms with Gasteiger partial charge in [-0.2, -0.15) is 0 Å². The highest BCUT2D eigenvalue weighted by molar-refractivity contribution is 5.87. The van der Waals surface area contributed by atoms with Gasteiger partial charge in [-0.3, -0.25) is 4.79 Å². The molecule has 1 rings (SSSR count). The van der Waals surface area contributed by atoms with Crippen molar-refractivity contribution < 1.29 is 14.7 Å². The van der Waals surface area contributed by atoms with Crippen LogP contribution in [0.15, 0.2) is 24.3 Å². The maximum absolute atomic E-state index is 11.5. The molecule has 1 atom stereocenters. The molecule has 0 fully saturated rings. The van der Waals surface area contributed by atoms with Gasteiger partial charge >= 0.3 is 5.97 Å². The lowest BCUT2D eigenvalue weighted by Crippen LogP contribution is -2.32. The van der Waals surface area contributed by atoms with Gasteiger partial charge in [0, 0.05) is 19.0 Å². The highest BCUT2D eigenvalue weighted by atomic mass is 16.4. The van der Waals surface area contributed by atoms with Crippen LogP contribution in [0, 0.1) is 0 Å². The Labute approximate surface area is 112 Å². The van der Waals surface area contributed by atoms with Crippen molar-refractivity contribution in [2.45, 2.75) is 32.2 Å². The van der Waals surface area contributed by atoms with Gasteiger partial charge in [-0.1, -0.05) is 19.1 Å². The molecule has 1 unspecified atom stereocenters. The summed E-state index contributed by atoms with van der Waals surface area (Å²) in [6.45, 7) is 2.42. The Morgan fingerprint density at radius 1 is 1.42 bits per heavy atom. The number of carbonyl (C=O) groups is 2. The van der Waals surface area contributed by atoms with Crippen LogP contribution in [0.2, 0.25) is 0 Å². The van der Waals surface area contributed by atoms with E-state index < -0.39 is 5.97 Å². The number of amides is 1. The molecule has 19 heavy (non-hydrogen) atoms. The standard InChI is InChI=1S/C14H20N2O3/c1-2-12(15)9-13(17)16-7-6-10-4-3-5-11(8-10)14(18)19/h3-5,8,12H,2,6-7,9,15H2,1H3,(H,16,17)(H,18,19). The van der Waals surface area contributed by atoms with Gasteiger partial charge in [0.25, 0.3) is 0 Å². The second kappa shape index (κ2) is 7.53. The molecule has 0 radical (unpaired) electrons. The van der Waals surface area contributed by atoms with Gasteiger partial charge in [-0.15, -0.1) is 0 Å². The molecule has 1 aromatic rings. The smallest absolute Gasteiger partial charge is 0.335 e. The fraction of sp³-hybridized carbons (Fsp3) is 0.429. The first kappa shape index (κ1) is 15.2. The number of hydrogen-bond acceptors (Lipinski definition) is 3. The Balaban J connectivity index is 2.39. The molecule has 0 saturated heterocycles. The molecule has 0 aliphatic rings. The van der Waals surface area contributed by atoms with E-state index in [2.05, 4.69) is 5.32 Å². The van der Waals surface area contributed by atoms with Crippen molar-refractivity contribution >= 4 is 11.9 Å². The summed E-state index contributed by atoms with van der Waals surface area (Å²) < 4.78 is 0. The summed E-state index contributed by atoms with van der Waals surface area (Å²) in [5.74, 6) is -1.01. The third-order valence-corrected chi connectivity index (χ3v) is 2.88. The van der Waals surface area contributed by atoms with Gasteiger partial charge in [-0.05, 0) is 30.5 Å². The van der Waals surface area contributed by atoms with Crippen LogP contribution in [0.25, 0.3) is 0 Å². The van der Waals surface area contributed by atoms with Crippen molar-refractivity contribution in [1.29, 1.82) is 0 Å². The predicted octanol–water partition coefficient (Wildman–Crippen LogP) is 1.17. The quantitative estimate of drug-likeness (QED) is 0.689. The SMILES string of the molecule is CCC(N)CC(=O)NCCc1cccc(C(=O)O)c1. The van der Waals surface area contributed by atoms with E-state index >= 15 is 0 Å². The van der Waals surface area contributed by atoms with Crippen LogP contribution in [-0.4, -0.2) is 29.6 Å². The van der Waals surface area contributed by atoms with Crippen LogP contribution in [0.4, 0.5) is 0 Å². The van der Waals surface area contributed by atoms with Crippen LogP contribution in [0.1, 0.15) is 35.7 Å². The summed E-state index contributed by atoms with van der Waals surface area (Å²) in [5, 5.41) is 11.6. The molecule has 0 aliphatic carbocycles. The van der Waals surface area contributed by atoms with Crippen molar-refractivity contribution in [2.75, 3.05) is 6.54 Å². The molecule has 5 nitrogen and oxygen atoms in total. The fourth-order valence-electron chi connectivity index (χ4n) is 1.66. The molecule has 0 aliphatic heterocycles. The molecular weight excluding hydrogens is 244 g/mol. The molecule has 0 bridgehead atoms. The Morgan fingerprint density at radius 2 is 2.16 bits per heavy atom. The Morgan fingerprint density at radius 3 is 2.79 bits per heavy atom. The number of benzene rings is 1. The predicted molar refractivity (Wildman–Crippen MR) is 73.0 cm³/mol. The van der Waals surface area contributed by atoms with E-state index in [9.17, 15) is 9.59 Å². The molecule has 0 spiro atoms. The van der Waals surface area contributed by atoms with Crippen LogP contribution in [-0.2, 0) is 11.2 Å². The lowest BCUT2D eigenvalue weighted by atomic mass is 10.1. The second-order valence-electron chi connectivity index (χ2n) is 4.48. The first-order chi connectivity index (χ1) is 9.02. The van der Waals surface area contributed by atoms with Crippen molar-refractivity contribution in [2.24, 2.45) is 5.73 Å². The monoisotopic (exact) mass is 264 g/mol. The Bertz CT molecular complexity index is 446. The van der Waals surface area contributed by atoms with Crippen LogP contribution < -0.4 is 11.1 Å². The second-order valence-corrected chi connectivity index (χ2v) is 4.48. The first-order valence-corrected chi connectivity index (χ1v) is 6.37. The molecule has 1 aromatic carbocycles. The summed E-state index contributed by atoms with van der Waals surface area (Å²) in [7, 11) is 0. The number of carboxylic acid groups (broad SMARTS) is 1.